The molecule has 0 saturated carbocycles. The minimum atomic E-state index is 0.0480. The Morgan fingerprint density at radius 1 is 1.32 bits per heavy atom. The van der Waals surface area contributed by atoms with Gasteiger partial charge in [0.15, 0.2) is 5.76 Å². The zero-order valence-electron chi connectivity index (χ0n) is 15.5. The Bertz CT molecular complexity index is 879. The third-order valence-electron chi connectivity index (χ3n) is 4.70. The van der Waals surface area contributed by atoms with Crippen molar-refractivity contribution in [2.24, 2.45) is 0 Å². The van der Waals surface area contributed by atoms with Crippen LogP contribution in [0.15, 0.2) is 51.9 Å². The molecule has 146 valence electrons. The summed E-state index contributed by atoms with van der Waals surface area (Å²) in [5, 5.41) is 3.88. The first kappa shape index (κ1) is 18.4. The predicted octanol–water partition coefficient (Wildman–Crippen LogP) is 2.87. The number of rotatable bonds is 7. The lowest BCUT2D eigenvalue weighted by molar-refractivity contribution is -0.135. The number of likely N-dealkylation sites (tertiary alicyclic amines) is 1. The number of nitrogens with zero attached hydrogens (tertiary/aromatic N) is 4. The van der Waals surface area contributed by atoms with E-state index in [0.717, 1.165) is 24.9 Å². The van der Waals surface area contributed by atoms with Crippen LogP contribution in [-0.2, 0) is 22.6 Å². The summed E-state index contributed by atoms with van der Waals surface area (Å²) < 4.78 is 16.4. The van der Waals surface area contributed by atoms with Crippen LogP contribution in [0.4, 0.5) is 0 Å². The molecule has 0 spiro atoms. The molecule has 1 amide bonds. The quantitative estimate of drug-likeness (QED) is 0.620. The van der Waals surface area contributed by atoms with E-state index >= 15 is 0 Å². The van der Waals surface area contributed by atoms with Crippen molar-refractivity contribution < 1.29 is 18.5 Å². The number of pyridine rings is 1. The lowest BCUT2D eigenvalue weighted by atomic mass is 10.1. The van der Waals surface area contributed by atoms with Gasteiger partial charge >= 0.3 is 0 Å². The highest BCUT2D eigenvalue weighted by Crippen LogP contribution is 2.18. The summed E-state index contributed by atoms with van der Waals surface area (Å²) >= 11 is 0. The number of hydrogen-bond donors (Lipinski definition) is 0. The summed E-state index contributed by atoms with van der Waals surface area (Å²) in [4.78, 5) is 22.8. The highest BCUT2D eigenvalue weighted by molar-refractivity contribution is 5.76. The van der Waals surface area contributed by atoms with Crippen LogP contribution >= 0.6 is 0 Å². The first-order valence-corrected chi connectivity index (χ1v) is 9.42. The number of ether oxygens (including phenoxy) is 1. The van der Waals surface area contributed by atoms with Crippen molar-refractivity contribution in [1.82, 2.24) is 20.0 Å². The van der Waals surface area contributed by atoms with Crippen LogP contribution in [0.2, 0.25) is 0 Å². The Balaban J connectivity index is 1.25. The number of carbonyl (C=O) groups excluding carboxylic acids is 1. The van der Waals surface area contributed by atoms with E-state index in [1.165, 1.54) is 0 Å². The van der Waals surface area contributed by atoms with Crippen molar-refractivity contribution in [2.75, 3.05) is 13.1 Å². The van der Waals surface area contributed by atoms with E-state index in [9.17, 15) is 4.79 Å². The van der Waals surface area contributed by atoms with Gasteiger partial charge in [0.05, 0.1) is 19.0 Å². The molecule has 28 heavy (non-hydrogen) atoms. The molecule has 1 fully saturated rings. The lowest BCUT2D eigenvalue weighted by Crippen LogP contribution is -2.43. The standard InChI is InChI=1S/C20H22N4O4/c25-19(8-7-18-22-20(23-28-18)17-6-3-11-26-17)24-10-2-5-16(13-24)27-14-15-4-1-9-21-12-15/h1,3-4,6,9,11-12,16H,2,5,7-8,10,13-14H2. The largest absolute Gasteiger partial charge is 0.461 e. The predicted molar refractivity (Wildman–Crippen MR) is 98.9 cm³/mol. The Labute approximate surface area is 162 Å². The van der Waals surface area contributed by atoms with E-state index in [1.807, 2.05) is 17.0 Å². The Kier molecular flexibility index (Phi) is 5.77. The van der Waals surface area contributed by atoms with Crippen LogP contribution in [0.3, 0.4) is 0 Å². The van der Waals surface area contributed by atoms with Gasteiger partial charge in [-0.25, -0.2) is 0 Å². The minimum Gasteiger partial charge on any atom is -0.461 e. The van der Waals surface area contributed by atoms with Gasteiger partial charge in [-0.15, -0.1) is 0 Å². The second-order valence-electron chi connectivity index (χ2n) is 6.77. The van der Waals surface area contributed by atoms with Crippen molar-refractivity contribution in [3.05, 3.63) is 54.4 Å². The van der Waals surface area contributed by atoms with E-state index in [0.29, 0.717) is 43.5 Å². The SMILES string of the molecule is O=C(CCc1nc(-c2ccco2)no1)N1CCCC(OCc2cccnc2)C1. The molecule has 0 bridgehead atoms. The fraction of sp³-hybridized carbons (Fsp3) is 0.400. The number of furan rings is 1. The van der Waals surface area contributed by atoms with E-state index < -0.39 is 0 Å². The number of piperidine rings is 1. The average molecular weight is 382 g/mol. The second-order valence-corrected chi connectivity index (χ2v) is 6.77. The maximum atomic E-state index is 12.6. The van der Waals surface area contributed by atoms with Gasteiger partial charge in [-0.05, 0) is 36.6 Å². The first-order valence-electron chi connectivity index (χ1n) is 9.42. The van der Waals surface area contributed by atoms with E-state index in [1.54, 1.807) is 30.8 Å². The maximum absolute atomic E-state index is 12.6. The van der Waals surface area contributed by atoms with Gasteiger partial charge in [0.25, 0.3) is 0 Å². The topological polar surface area (TPSA) is 94.5 Å². The van der Waals surface area contributed by atoms with Crippen LogP contribution in [-0.4, -0.2) is 45.1 Å². The smallest absolute Gasteiger partial charge is 0.238 e. The molecule has 8 heteroatoms. The average Bonchev–Trinajstić information content (AvgIpc) is 3.43. The van der Waals surface area contributed by atoms with Gasteiger partial charge in [0, 0.05) is 38.3 Å². The first-order chi connectivity index (χ1) is 13.8. The fourth-order valence-corrected chi connectivity index (χ4v) is 3.23. The van der Waals surface area contributed by atoms with Gasteiger partial charge in [0.1, 0.15) is 0 Å². The highest BCUT2D eigenvalue weighted by atomic mass is 16.5. The third-order valence-corrected chi connectivity index (χ3v) is 4.70. The zero-order valence-corrected chi connectivity index (χ0v) is 15.5. The Morgan fingerprint density at radius 3 is 3.11 bits per heavy atom. The Morgan fingerprint density at radius 2 is 2.29 bits per heavy atom. The van der Waals surface area contributed by atoms with Crippen LogP contribution in [0.1, 0.15) is 30.7 Å². The summed E-state index contributed by atoms with van der Waals surface area (Å²) in [5.41, 5.74) is 1.04. The third kappa shape index (κ3) is 4.64. The van der Waals surface area contributed by atoms with E-state index in [4.69, 9.17) is 13.7 Å². The fourth-order valence-electron chi connectivity index (χ4n) is 3.23. The van der Waals surface area contributed by atoms with Gasteiger partial charge in [-0.3, -0.25) is 9.78 Å². The van der Waals surface area contributed by atoms with Gasteiger partial charge in [-0.2, -0.15) is 4.98 Å². The molecule has 1 atom stereocenters. The molecule has 3 aromatic rings. The summed E-state index contributed by atoms with van der Waals surface area (Å²) in [6.45, 7) is 1.88. The number of aryl methyl sites for hydroxylation is 1. The molecule has 0 radical (unpaired) electrons. The molecule has 1 aliphatic heterocycles. The summed E-state index contributed by atoms with van der Waals surface area (Å²) in [7, 11) is 0. The summed E-state index contributed by atoms with van der Waals surface area (Å²) in [5.74, 6) is 1.45. The van der Waals surface area contributed by atoms with Gasteiger partial charge in [-0.1, -0.05) is 11.2 Å². The van der Waals surface area contributed by atoms with E-state index in [-0.39, 0.29) is 12.0 Å². The number of amides is 1. The minimum absolute atomic E-state index is 0.0480. The summed E-state index contributed by atoms with van der Waals surface area (Å²) in [6.07, 6.45) is 7.77. The molecular weight excluding hydrogens is 360 g/mol. The monoisotopic (exact) mass is 382 g/mol. The lowest BCUT2D eigenvalue weighted by Gasteiger charge is -2.32. The maximum Gasteiger partial charge on any atom is 0.238 e. The number of hydrogen-bond acceptors (Lipinski definition) is 7. The van der Waals surface area contributed by atoms with Gasteiger partial charge < -0.3 is 18.6 Å². The molecule has 1 unspecified atom stereocenters. The van der Waals surface area contributed by atoms with Crippen molar-refractivity contribution in [3.8, 4) is 11.6 Å². The molecule has 8 nitrogen and oxygen atoms in total. The van der Waals surface area contributed by atoms with Gasteiger partial charge in [0.2, 0.25) is 17.6 Å². The van der Waals surface area contributed by atoms with Crippen LogP contribution in [0.5, 0.6) is 0 Å². The molecule has 1 saturated heterocycles. The van der Waals surface area contributed by atoms with Crippen molar-refractivity contribution in [2.45, 2.75) is 38.4 Å². The van der Waals surface area contributed by atoms with Crippen molar-refractivity contribution >= 4 is 5.91 Å². The molecule has 3 aromatic heterocycles. The highest BCUT2D eigenvalue weighted by Gasteiger charge is 2.24. The molecule has 4 rings (SSSR count). The molecule has 0 aliphatic carbocycles. The summed E-state index contributed by atoms with van der Waals surface area (Å²) in [6, 6.07) is 7.40. The van der Waals surface area contributed by atoms with Crippen LogP contribution in [0, 0.1) is 0 Å². The van der Waals surface area contributed by atoms with E-state index in [2.05, 4.69) is 15.1 Å². The number of carbonyl (C=O) groups is 1. The molecule has 0 aromatic carbocycles. The molecule has 4 heterocycles. The van der Waals surface area contributed by atoms with Crippen LogP contribution < -0.4 is 0 Å². The molecular formula is C20H22N4O4. The van der Waals surface area contributed by atoms with Crippen molar-refractivity contribution in [3.63, 3.8) is 0 Å². The van der Waals surface area contributed by atoms with Crippen LogP contribution in [0.25, 0.3) is 11.6 Å². The molecule has 0 N–H and O–H groups in total. The zero-order chi connectivity index (χ0) is 19.2. The van der Waals surface area contributed by atoms with Crippen molar-refractivity contribution in [1.29, 1.82) is 0 Å². The molecule has 1 aliphatic rings. The normalized spacial score (nSPS) is 17.0. The number of aromatic nitrogens is 3. The second kappa shape index (κ2) is 8.79. The Hall–Kier alpha value is -3.00.